The number of likely N-dealkylation sites (tertiary alicyclic amines) is 1. The monoisotopic (exact) mass is 341 g/mol. The van der Waals surface area contributed by atoms with Crippen LogP contribution in [0.4, 0.5) is 0 Å². The van der Waals surface area contributed by atoms with Gasteiger partial charge in [0.15, 0.2) is 0 Å². The average molecular weight is 341 g/mol. The lowest BCUT2D eigenvalue weighted by atomic mass is 9.97. The topological polar surface area (TPSA) is 92.5 Å². The third-order valence-corrected chi connectivity index (χ3v) is 4.64. The van der Waals surface area contributed by atoms with Gasteiger partial charge in [-0.1, -0.05) is 12.1 Å². The summed E-state index contributed by atoms with van der Waals surface area (Å²) in [7, 11) is 0. The number of rotatable bonds is 5. The molecule has 25 heavy (non-hydrogen) atoms. The molecule has 3 N–H and O–H groups in total. The summed E-state index contributed by atoms with van der Waals surface area (Å²) in [5.74, 6) is -0.779. The van der Waals surface area contributed by atoms with Gasteiger partial charge in [-0.3, -0.25) is 14.4 Å². The molecule has 3 rings (SSSR count). The Labute approximate surface area is 147 Å². The second-order valence-electron chi connectivity index (χ2n) is 6.73. The maximum absolute atomic E-state index is 12.3. The molecule has 0 bridgehead atoms. The summed E-state index contributed by atoms with van der Waals surface area (Å²) < 4.78 is 0. The van der Waals surface area contributed by atoms with E-state index in [1.807, 2.05) is 12.1 Å². The van der Waals surface area contributed by atoms with E-state index in [0.717, 1.165) is 31.2 Å². The van der Waals surface area contributed by atoms with Crippen LogP contribution >= 0.6 is 0 Å². The molecule has 2 fully saturated rings. The molecule has 1 heterocycles. The number of carbonyl (C=O) groups is 3. The molecule has 1 aromatic rings. The van der Waals surface area contributed by atoms with E-state index in [2.05, 4.69) is 5.32 Å². The quantitative estimate of drug-likeness (QED) is 0.791. The first-order valence-corrected chi connectivity index (χ1v) is 8.70. The highest BCUT2D eigenvalue weighted by atomic mass is 16.2. The maximum Gasteiger partial charge on any atom is 0.251 e. The molecule has 0 aromatic heterocycles. The molecular formula is C19H23N3O3. The fourth-order valence-electron chi connectivity index (χ4n) is 2.92. The Morgan fingerprint density at radius 2 is 1.84 bits per heavy atom. The minimum atomic E-state index is -0.346. The normalized spacial score (nSPS) is 20.5. The van der Waals surface area contributed by atoms with Crippen molar-refractivity contribution in [2.24, 2.45) is 11.7 Å². The molecule has 1 saturated carbocycles. The van der Waals surface area contributed by atoms with Crippen LogP contribution in [0.3, 0.4) is 0 Å². The van der Waals surface area contributed by atoms with Crippen LogP contribution in [0, 0.1) is 5.92 Å². The summed E-state index contributed by atoms with van der Waals surface area (Å²) >= 11 is 0. The van der Waals surface area contributed by atoms with Crippen LogP contribution in [0.5, 0.6) is 0 Å². The Bertz CT molecular complexity index is 692. The first kappa shape index (κ1) is 17.2. The second-order valence-corrected chi connectivity index (χ2v) is 6.73. The third kappa shape index (κ3) is 4.68. The number of primary amides is 1. The highest BCUT2D eigenvalue weighted by molar-refractivity contribution is 5.95. The van der Waals surface area contributed by atoms with Gasteiger partial charge in [0.25, 0.3) is 5.91 Å². The van der Waals surface area contributed by atoms with Gasteiger partial charge in [-0.05, 0) is 49.5 Å². The Kier molecular flexibility index (Phi) is 5.16. The van der Waals surface area contributed by atoms with Crippen molar-refractivity contribution >= 4 is 23.8 Å². The van der Waals surface area contributed by atoms with Crippen LogP contribution in [-0.2, 0) is 9.59 Å². The fraction of sp³-hybridized carbons (Fsp3) is 0.421. The predicted octanol–water partition coefficient (Wildman–Crippen LogP) is 1.32. The minimum Gasteiger partial charge on any atom is -0.369 e. The van der Waals surface area contributed by atoms with E-state index in [1.54, 1.807) is 23.1 Å². The number of nitrogens with zero attached hydrogens (tertiary/aromatic N) is 1. The minimum absolute atomic E-state index is 0.0556. The molecule has 1 aromatic carbocycles. The van der Waals surface area contributed by atoms with Gasteiger partial charge in [-0.2, -0.15) is 0 Å². The van der Waals surface area contributed by atoms with E-state index in [1.165, 1.54) is 6.08 Å². The molecule has 6 heteroatoms. The van der Waals surface area contributed by atoms with Gasteiger partial charge in [0.05, 0.1) is 5.92 Å². The molecule has 0 radical (unpaired) electrons. The molecule has 1 aliphatic heterocycles. The Morgan fingerprint density at radius 3 is 2.48 bits per heavy atom. The molecule has 6 nitrogen and oxygen atoms in total. The molecule has 1 aliphatic carbocycles. The van der Waals surface area contributed by atoms with Gasteiger partial charge in [0, 0.05) is 30.8 Å². The Balaban J connectivity index is 1.56. The first-order valence-electron chi connectivity index (χ1n) is 8.70. The van der Waals surface area contributed by atoms with Crippen LogP contribution in [0.15, 0.2) is 30.3 Å². The van der Waals surface area contributed by atoms with Gasteiger partial charge in [-0.15, -0.1) is 0 Å². The average Bonchev–Trinajstić information content (AvgIpc) is 3.44. The van der Waals surface area contributed by atoms with Crippen molar-refractivity contribution in [3.05, 3.63) is 41.5 Å². The van der Waals surface area contributed by atoms with E-state index in [0.29, 0.717) is 24.7 Å². The number of nitrogens with one attached hydrogen (secondary N) is 1. The van der Waals surface area contributed by atoms with E-state index < -0.39 is 0 Å². The molecule has 1 saturated heterocycles. The summed E-state index contributed by atoms with van der Waals surface area (Å²) in [5, 5.41) is 2.94. The largest absolute Gasteiger partial charge is 0.369 e. The standard InChI is InChI=1S/C19H23N3O3/c20-18(24)15-2-1-11-22(12-15)17(23)10-5-13-3-6-14(7-4-13)19(25)21-16-8-9-16/h3-7,10,15-16H,1-2,8-9,11-12H2,(H2,20,24)(H,21,25)/b10-5+. The van der Waals surface area contributed by atoms with Crippen molar-refractivity contribution in [3.8, 4) is 0 Å². The lowest BCUT2D eigenvalue weighted by Crippen LogP contribution is -2.43. The van der Waals surface area contributed by atoms with Gasteiger partial charge in [0.1, 0.15) is 0 Å². The van der Waals surface area contributed by atoms with Gasteiger partial charge in [0.2, 0.25) is 11.8 Å². The molecule has 132 valence electrons. The number of nitrogens with two attached hydrogens (primary N) is 1. The number of hydrogen-bond acceptors (Lipinski definition) is 3. The van der Waals surface area contributed by atoms with Gasteiger partial charge >= 0.3 is 0 Å². The second kappa shape index (κ2) is 7.51. The highest BCUT2D eigenvalue weighted by Crippen LogP contribution is 2.19. The van der Waals surface area contributed by atoms with Crippen LogP contribution in [-0.4, -0.2) is 41.8 Å². The van der Waals surface area contributed by atoms with Crippen LogP contribution in [0.25, 0.3) is 6.08 Å². The van der Waals surface area contributed by atoms with Crippen LogP contribution in [0.2, 0.25) is 0 Å². The molecule has 0 spiro atoms. The molecular weight excluding hydrogens is 318 g/mol. The summed E-state index contributed by atoms with van der Waals surface area (Å²) in [4.78, 5) is 37.2. The SMILES string of the molecule is NC(=O)C1CCCN(C(=O)/C=C/c2ccc(C(=O)NC3CC3)cc2)C1. The highest BCUT2D eigenvalue weighted by Gasteiger charge is 2.26. The van der Waals surface area contributed by atoms with Gasteiger partial charge < -0.3 is 16.0 Å². The number of hydrogen-bond donors (Lipinski definition) is 2. The van der Waals surface area contributed by atoms with E-state index in [9.17, 15) is 14.4 Å². The van der Waals surface area contributed by atoms with Crippen molar-refractivity contribution in [3.63, 3.8) is 0 Å². The van der Waals surface area contributed by atoms with Crippen molar-refractivity contribution in [2.75, 3.05) is 13.1 Å². The van der Waals surface area contributed by atoms with Crippen LogP contribution < -0.4 is 11.1 Å². The van der Waals surface area contributed by atoms with Crippen LogP contribution in [0.1, 0.15) is 41.6 Å². The zero-order valence-electron chi connectivity index (χ0n) is 14.1. The van der Waals surface area contributed by atoms with E-state index >= 15 is 0 Å². The maximum atomic E-state index is 12.3. The zero-order valence-corrected chi connectivity index (χ0v) is 14.1. The van der Waals surface area contributed by atoms with Crippen molar-refractivity contribution in [2.45, 2.75) is 31.7 Å². The lowest BCUT2D eigenvalue weighted by Gasteiger charge is -2.30. The third-order valence-electron chi connectivity index (χ3n) is 4.64. The number of amides is 3. The predicted molar refractivity (Wildman–Crippen MR) is 94.5 cm³/mol. The number of piperidine rings is 1. The van der Waals surface area contributed by atoms with Crippen molar-refractivity contribution in [1.29, 1.82) is 0 Å². The van der Waals surface area contributed by atoms with Crippen molar-refractivity contribution < 1.29 is 14.4 Å². The molecule has 1 unspecified atom stereocenters. The van der Waals surface area contributed by atoms with E-state index in [4.69, 9.17) is 5.73 Å². The first-order chi connectivity index (χ1) is 12.0. The summed E-state index contributed by atoms with van der Waals surface area (Å²) in [5.41, 5.74) is 6.81. The molecule has 1 atom stereocenters. The van der Waals surface area contributed by atoms with E-state index in [-0.39, 0.29) is 23.6 Å². The molecule has 3 amide bonds. The Morgan fingerprint density at radius 1 is 1.12 bits per heavy atom. The number of benzene rings is 1. The lowest BCUT2D eigenvalue weighted by molar-refractivity contribution is -0.130. The summed E-state index contributed by atoms with van der Waals surface area (Å²) in [6, 6.07) is 7.47. The fourth-order valence-corrected chi connectivity index (χ4v) is 2.92. The summed E-state index contributed by atoms with van der Waals surface area (Å²) in [6.07, 6.45) is 6.87. The summed E-state index contributed by atoms with van der Waals surface area (Å²) in [6.45, 7) is 1.03. The zero-order chi connectivity index (χ0) is 17.8. The van der Waals surface area contributed by atoms with Gasteiger partial charge in [-0.25, -0.2) is 0 Å². The Hall–Kier alpha value is -2.63. The molecule has 2 aliphatic rings. The smallest absolute Gasteiger partial charge is 0.251 e. The number of carbonyl (C=O) groups excluding carboxylic acids is 3. The van der Waals surface area contributed by atoms with Crippen molar-refractivity contribution in [1.82, 2.24) is 10.2 Å².